The number of hydrogen-bond donors (Lipinski definition) is 2. The van der Waals surface area contributed by atoms with Crippen molar-refractivity contribution in [1.29, 1.82) is 0 Å². The normalized spacial score (nSPS) is 22.3. The smallest absolute Gasteiger partial charge is 0.255 e. The maximum absolute atomic E-state index is 13.7. The molecule has 1 saturated heterocycles. The number of amides is 2. The molecule has 0 spiro atoms. The van der Waals surface area contributed by atoms with Gasteiger partial charge in [-0.05, 0) is 25.1 Å². The van der Waals surface area contributed by atoms with Crippen molar-refractivity contribution in [2.24, 2.45) is 11.7 Å². The van der Waals surface area contributed by atoms with Gasteiger partial charge in [-0.2, -0.15) is 0 Å². The molecular formula is C18H20FN3O4. The van der Waals surface area contributed by atoms with Gasteiger partial charge in [-0.3, -0.25) is 14.6 Å². The van der Waals surface area contributed by atoms with Gasteiger partial charge in [0.1, 0.15) is 18.1 Å². The number of rotatable bonds is 6. The molecule has 0 aliphatic carbocycles. The van der Waals surface area contributed by atoms with E-state index in [1.807, 2.05) is 0 Å². The number of ether oxygens (including phenoxy) is 2. The number of hydrogen-bond acceptors (Lipinski definition) is 5. The zero-order valence-corrected chi connectivity index (χ0v) is 14.5. The summed E-state index contributed by atoms with van der Waals surface area (Å²) in [6, 6.07) is 4.44. The Kier molecular flexibility index (Phi) is 4.92. The molecule has 1 aliphatic rings. The standard InChI is InChI=1S/C18H20FN3O4/c1-3-25-15-7-10-12(6-11(15)17(20)23)21-5-4-14(10)26-8-13-9(2)16(19)18(24)22-13/h4-7,9,13,16H,3,8H2,1-2H3,(H2,20,23)(H,22,24)/t9-,13+,16-/m0/s1. The Bertz CT molecular complexity index is 858. The van der Waals surface area contributed by atoms with Crippen LogP contribution >= 0.6 is 0 Å². The number of halogens is 1. The average Bonchev–Trinajstić information content (AvgIpc) is 2.86. The minimum absolute atomic E-state index is 0.119. The number of fused-ring (bicyclic) bond motifs is 1. The zero-order chi connectivity index (χ0) is 18.8. The molecule has 0 unspecified atom stereocenters. The summed E-state index contributed by atoms with van der Waals surface area (Å²) >= 11 is 0. The van der Waals surface area contributed by atoms with E-state index in [2.05, 4.69) is 10.3 Å². The van der Waals surface area contributed by atoms with E-state index < -0.39 is 29.9 Å². The fraction of sp³-hybridized carbons (Fsp3) is 0.389. The molecule has 1 fully saturated rings. The largest absolute Gasteiger partial charge is 0.493 e. The predicted molar refractivity (Wildman–Crippen MR) is 92.9 cm³/mol. The molecule has 1 aromatic heterocycles. The molecule has 7 nitrogen and oxygen atoms in total. The molecule has 0 radical (unpaired) electrons. The van der Waals surface area contributed by atoms with Crippen LogP contribution in [0.5, 0.6) is 11.5 Å². The van der Waals surface area contributed by atoms with E-state index in [0.717, 1.165) is 0 Å². The molecule has 1 aliphatic heterocycles. The van der Waals surface area contributed by atoms with Crippen LogP contribution in [-0.2, 0) is 4.79 Å². The number of benzene rings is 1. The summed E-state index contributed by atoms with van der Waals surface area (Å²) in [4.78, 5) is 27.3. The number of nitrogens with one attached hydrogen (secondary N) is 1. The first-order valence-electron chi connectivity index (χ1n) is 8.35. The van der Waals surface area contributed by atoms with Crippen molar-refractivity contribution >= 4 is 22.7 Å². The Balaban J connectivity index is 1.90. The van der Waals surface area contributed by atoms with Crippen molar-refractivity contribution in [2.45, 2.75) is 26.1 Å². The van der Waals surface area contributed by atoms with Gasteiger partial charge in [0.25, 0.3) is 11.8 Å². The molecule has 1 aromatic carbocycles. The topological polar surface area (TPSA) is 104 Å². The number of nitrogens with zero attached hydrogens (tertiary/aromatic N) is 1. The molecule has 2 aromatic rings. The number of carbonyl (C=O) groups is 2. The maximum Gasteiger partial charge on any atom is 0.255 e. The summed E-state index contributed by atoms with van der Waals surface area (Å²) in [6.07, 6.45) is 0.0117. The Morgan fingerprint density at radius 1 is 1.35 bits per heavy atom. The van der Waals surface area contributed by atoms with E-state index in [9.17, 15) is 14.0 Å². The monoisotopic (exact) mass is 361 g/mol. The molecule has 3 atom stereocenters. The minimum Gasteiger partial charge on any atom is -0.493 e. The van der Waals surface area contributed by atoms with Crippen LogP contribution in [0.15, 0.2) is 24.4 Å². The van der Waals surface area contributed by atoms with Crippen molar-refractivity contribution in [3.8, 4) is 11.5 Å². The molecule has 0 bridgehead atoms. The summed E-state index contributed by atoms with van der Waals surface area (Å²) in [5.74, 6) is -0.862. The van der Waals surface area contributed by atoms with Crippen LogP contribution in [0.4, 0.5) is 4.39 Å². The first-order valence-corrected chi connectivity index (χ1v) is 8.35. The highest BCUT2D eigenvalue weighted by Gasteiger charge is 2.39. The van der Waals surface area contributed by atoms with Crippen molar-refractivity contribution in [1.82, 2.24) is 10.3 Å². The Hall–Kier alpha value is -2.90. The second-order valence-corrected chi connectivity index (χ2v) is 6.16. The highest BCUT2D eigenvalue weighted by molar-refractivity contribution is 6.01. The van der Waals surface area contributed by atoms with Gasteiger partial charge in [0.2, 0.25) is 0 Å². The van der Waals surface area contributed by atoms with E-state index in [1.54, 1.807) is 32.0 Å². The molecule has 2 amide bonds. The predicted octanol–water partition coefficient (Wildman–Crippen LogP) is 1.58. The first kappa shape index (κ1) is 17.9. The summed E-state index contributed by atoms with van der Waals surface area (Å²) in [5, 5.41) is 3.22. The van der Waals surface area contributed by atoms with Crippen LogP contribution < -0.4 is 20.5 Å². The third-order valence-corrected chi connectivity index (χ3v) is 4.46. The molecule has 3 N–H and O–H groups in total. The van der Waals surface area contributed by atoms with Crippen LogP contribution in [0, 0.1) is 5.92 Å². The SMILES string of the molecule is CCOc1cc2c(OC[C@H]3NC(=O)[C@@H](F)[C@H]3C)ccnc2cc1C(N)=O. The minimum atomic E-state index is -1.53. The number of alkyl halides is 1. The van der Waals surface area contributed by atoms with Gasteiger partial charge in [0, 0.05) is 17.5 Å². The van der Waals surface area contributed by atoms with Gasteiger partial charge in [-0.1, -0.05) is 6.92 Å². The second kappa shape index (κ2) is 7.15. The molecule has 3 rings (SSSR count). The molecule has 138 valence electrons. The number of nitrogens with two attached hydrogens (primary N) is 1. The van der Waals surface area contributed by atoms with Crippen molar-refractivity contribution in [3.63, 3.8) is 0 Å². The third-order valence-electron chi connectivity index (χ3n) is 4.46. The highest BCUT2D eigenvalue weighted by Crippen LogP contribution is 2.31. The van der Waals surface area contributed by atoms with Gasteiger partial charge in [0.05, 0.1) is 23.7 Å². The molecule has 26 heavy (non-hydrogen) atoms. The van der Waals surface area contributed by atoms with Crippen LogP contribution in [-0.4, -0.2) is 42.2 Å². The number of aromatic nitrogens is 1. The van der Waals surface area contributed by atoms with Crippen LogP contribution in [0.3, 0.4) is 0 Å². The second-order valence-electron chi connectivity index (χ2n) is 6.16. The number of carbonyl (C=O) groups excluding carboxylic acids is 2. The first-order chi connectivity index (χ1) is 12.4. The lowest BCUT2D eigenvalue weighted by Crippen LogP contribution is -2.34. The average molecular weight is 361 g/mol. The van der Waals surface area contributed by atoms with Crippen molar-refractivity contribution in [3.05, 3.63) is 30.0 Å². The van der Waals surface area contributed by atoms with Gasteiger partial charge >= 0.3 is 0 Å². The highest BCUT2D eigenvalue weighted by atomic mass is 19.1. The fourth-order valence-corrected chi connectivity index (χ4v) is 2.95. The lowest BCUT2D eigenvalue weighted by molar-refractivity contribution is -0.123. The summed E-state index contributed by atoms with van der Waals surface area (Å²) in [7, 11) is 0. The summed E-state index contributed by atoms with van der Waals surface area (Å²) in [6.45, 7) is 3.94. The third kappa shape index (κ3) is 3.26. The molecule has 0 saturated carbocycles. The van der Waals surface area contributed by atoms with Crippen molar-refractivity contribution < 1.29 is 23.5 Å². The fourth-order valence-electron chi connectivity index (χ4n) is 2.95. The van der Waals surface area contributed by atoms with Gasteiger partial charge in [-0.15, -0.1) is 0 Å². The maximum atomic E-state index is 13.7. The van der Waals surface area contributed by atoms with Gasteiger partial charge < -0.3 is 20.5 Å². The summed E-state index contributed by atoms with van der Waals surface area (Å²) in [5.41, 5.74) is 6.16. The van der Waals surface area contributed by atoms with Gasteiger partial charge in [-0.25, -0.2) is 4.39 Å². The van der Waals surface area contributed by atoms with Crippen LogP contribution in [0.2, 0.25) is 0 Å². The Labute approximate surface area is 149 Å². The Morgan fingerprint density at radius 2 is 2.12 bits per heavy atom. The van der Waals surface area contributed by atoms with E-state index in [0.29, 0.717) is 29.0 Å². The van der Waals surface area contributed by atoms with Crippen LogP contribution in [0.25, 0.3) is 10.9 Å². The quantitative estimate of drug-likeness (QED) is 0.813. The number of pyridine rings is 1. The molecular weight excluding hydrogens is 341 g/mol. The van der Waals surface area contributed by atoms with E-state index in [-0.39, 0.29) is 12.2 Å². The zero-order valence-electron chi connectivity index (χ0n) is 14.5. The van der Waals surface area contributed by atoms with E-state index in [4.69, 9.17) is 15.2 Å². The van der Waals surface area contributed by atoms with E-state index in [1.165, 1.54) is 6.20 Å². The van der Waals surface area contributed by atoms with E-state index >= 15 is 0 Å². The Morgan fingerprint density at radius 3 is 2.73 bits per heavy atom. The lowest BCUT2D eigenvalue weighted by Gasteiger charge is -2.17. The number of primary amides is 1. The molecule has 8 heteroatoms. The molecule has 2 heterocycles. The lowest BCUT2D eigenvalue weighted by atomic mass is 10.0. The van der Waals surface area contributed by atoms with Crippen molar-refractivity contribution in [2.75, 3.05) is 13.2 Å². The van der Waals surface area contributed by atoms with Crippen LogP contribution in [0.1, 0.15) is 24.2 Å². The van der Waals surface area contributed by atoms with Gasteiger partial charge in [0.15, 0.2) is 6.17 Å². The summed E-state index contributed by atoms with van der Waals surface area (Å²) < 4.78 is 25.0.